The molecule has 2 aromatic rings. The molecule has 2 N–H and O–H groups in total. The number of carbonyl (C=O) groups is 2. The van der Waals surface area contributed by atoms with Gasteiger partial charge in [-0.25, -0.2) is 4.79 Å². The van der Waals surface area contributed by atoms with Crippen LogP contribution in [0.25, 0.3) is 0 Å². The largest absolute Gasteiger partial charge is 0.368 e. The first-order chi connectivity index (χ1) is 13.5. The van der Waals surface area contributed by atoms with E-state index in [4.69, 9.17) is 11.6 Å². The number of nitrogens with one attached hydrogen (secondary N) is 2. The molecule has 0 aromatic heterocycles. The Bertz CT molecular complexity index is 790. The third kappa shape index (κ3) is 5.39. The molecule has 0 aliphatic carbocycles. The number of halogens is 1. The molecule has 1 aliphatic rings. The third-order valence-electron chi connectivity index (χ3n) is 4.80. The number of anilines is 1. The number of benzene rings is 2. The molecule has 6 nitrogen and oxygen atoms in total. The van der Waals surface area contributed by atoms with E-state index >= 15 is 0 Å². The van der Waals surface area contributed by atoms with Crippen molar-refractivity contribution in [2.45, 2.75) is 19.5 Å². The van der Waals surface area contributed by atoms with Gasteiger partial charge in [0.05, 0.1) is 0 Å². The Kier molecular flexibility index (Phi) is 6.76. The molecule has 2 aromatic carbocycles. The molecule has 1 saturated heterocycles. The van der Waals surface area contributed by atoms with Gasteiger partial charge in [0, 0.05) is 43.4 Å². The summed E-state index contributed by atoms with van der Waals surface area (Å²) >= 11 is 5.86. The number of hydrogen-bond acceptors (Lipinski definition) is 3. The summed E-state index contributed by atoms with van der Waals surface area (Å²) in [5, 5.41) is 6.27. The maximum atomic E-state index is 12.5. The fourth-order valence-corrected chi connectivity index (χ4v) is 3.22. The molecule has 0 bridgehead atoms. The summed E-state index contributed by atoms with van der Waals surface area (Å²) in [4.78, 5) is 28.7. The Labute approximate surface area is 170 Å². The Balaban J connectivity index is 1.42. The van der Waals surface area contributed by atoms with E-state index in [1.807, 2.05) is 30.3 Å². The van der Waals surface area contributed by atoms with Crippen molar-refractivity contribution in [1.29, 1.82) is 0 Å². The van der Waals surface area contributed by atoms with E-state index < -0.39 is 6.04 Å². The lowest BCUT2D eigenvalue weighted by Crippen LogP contribution is -2.55. The first kappa shape index (κ1) is 20.0. The maximum Gasteiger partial charge on any atom is 0.318 e. The fourth-order valence-electron chi connectivity index (χ4n) is 3.09. The minimum atomic E-state index is -0.605. The minimum Gasteiger partial charge on any atom is -0.368 e. The van der Waals surface area contributed by atoms with Crippen molar-refractivity contribution in [3.05, 3.63) is 65.2 Å². The van der Waals surface area contributed by atoms with Crippen LogP contribution in [0.15, 0.2) is 54.6 Å². The smallest absolute Gasteiger partial charge is 0.318 e. The van der Waals surface area contributed by atoms with Crippen molar-refractivity contribution < 1.29 is 9.59 Å². The summed E-state index contributed by atoms with van der Waals surface area (Å²) in [6.07, 6.45) is 0. The minimum absolute atomic E-state index is 0.207. The van der Waals surface area contributed by atoms with Gasteiger partial charge in [-0.05, 0) is 36.8 Å². The van der Waals surface area contributed by atoms with Crippen molar-refractivity contribution in [3.8, 4) is 0 Å². The quantitative estimate of drug-likeness (QED) is 0.811. The van der Waals surface area contributed by atoms with Gasteiger partial charge >= 0.3 is 6.03 Å². The fraction of sp³-hybridized carbons (Fsp3) is 0.333. The number of rotatable bonds is 5. The van der Waals surface area contributed by atoms with Gasteiger partial charge in [0.1, 0.15) is 6.04 Å². The summed E-state index contributed by atoms with van der Waals surface area (Å²) in [6.45, 7) is 4.88. The zero-order valence-electron chi connectivity index (χ0n) is 15.9. The number of nitrogens with zero attached hydrogens (tertiary/aromatic N) is 2. The van der Waals surface area contributed by atoms with Gasteiger partial charge < -0.3 is 20.4 Å². The zero-order chi connectivity index (χ0) is 19.9. The number of para-hydroxylation sites is 1. The molecule has 1 unspecified atom stereocenters. The Morgan fingerprint density at radius 3 is 2.29 bits per heavy atom. The molecule has 0 radical (unpaired) electrons. The van der Waals surface area contributed by atoms with Gasteiger partial charge in [0.15, 0.2) is 0 Å². The maximum absolute atomic E-state index is 12.5. The van der Waals surface area contributed by atoms with Gasteiger partial charge in [0.2, 0.25) is 5.91 Å². The van der Waals surface area contributed by atoms with Crippen LogP contribution in [-0.4, -0.2) is 49.1 Å². The van der Waals surface area contributed by atoms with Crippen LogP contribution in [0.5, 0.6) is 0 Å². The van der Waals surface area contributed by atoms with Crippen LogP contribution in [0.4, 0.5) is 10.5 Å². The lowest BCUT2D eigenvalue weighted by molar-refractivity contribution is -0.122. The molecule has 0 spiro atoms. The lowest BCUT2D eigenvalue weighted by Gasteiger charge is -2.36. The molecule has 1 atom stereocenters. The molecular weight excluding hydrogens is 376 g/mol. The summed E-state index contributed by atoms with van der Waals surface area (Å²) in [7, 11) is 0. The summed E-state index contributed by atoms with van der Waals surface area (Å²) in [5.41, 5.74) is 2.12. The average Bonchev–Trinajstić information content (AvgIpc) is 2.73. The highest BCUT2D eigenvalue weighted by Gasteiger charge is 2.24. The van der Waals surface area contributed by atoms with Gasteiger partial charge in [-0.1, -0.05) is 41.9 Å². The van der Waals surface area contributed by atoms with Crippen molar-refractivity contribution in [1.82, 2.24) is 15.5 Å². The summed E-state index contributed by atoms with van der Waals surface area (Å²) in [5.74, 6) is -0.216. The normalized spacial score (nSPS) is 15.1. The standard InChI is InChI=1S/C21H25ClN4O2/c1-16(20(27)23-15-17-7-9-18(22)10-8-17)24-21(28)26-13-11-25(12-14-26)19-5-3-2-4-6-19/h2-10,16H,11-15H2,1H3,(H,23,27)(H,24,28). The van der Waals surface area contributed by atoms with E-state index in [-0.39, 0.29) is 11.9 Å². The number of piperazine rings is 1. The van der Waals surface area contributed by atoms with Gasteiger partial charge in [0.25, 0.3) is 0 Å². The van der Waals surface area contributed by atoms with Crippen molar-refractivity contribution in [2.75, 3.05) is 31.1 Å². The number of amides is 3. The molecule has 7 heteroatoms. The van der Waals surface area contributed by atoms with Crippen molar-refractivity contribution in [2.24, 2.45) is 0 Å². The average molecular weight is 401 g/mol. The molecule has 0 saturated carbocycles. The SMILES string of the molecule is CC(NC(=O)N1CCN(c2ccccc2)CC1)C(=O)NCc1ccc(Cl)cc1. The molecular formula is C21H25ClN4O2. The predicted molar refractivity (Wildman–Crippen MR) is 112 cm³/mol. The van der Waals surface area contributed by atoms with Crippen LogP contribution in [0.3, 0.4) is 0 Å². The highest BCUT2D eigenvalue weighted by atomic mass is 35.5. The van der Waals surface area contributed by atoms with E-state index in [0.717, 1.165) is 24.3 Å². The summed E-state index contributed by atoms with van der Waals surface area (Å²) < 4.78 is 0. The third-order valence-corrected chi connectivity index (χ3v) is 5.05. The second kappa shape index (κ2) is 9.46. The van der Waals surface area contributed by atoms with Gasteiger partial charge in [-0.3, -0.25) is 4.79 Å². The van der Waals surface area contributed by atoms with E-state index in [1.54, 1.807) is 24.0 Å². The predicted octanol–water partition coefficient (Wildman–Crippen LogP) is 2.88. The zero-order valence-corrected chi connectivity index (χ0v) is 16.7. The number of hydrogen-bond donors (Lipinski definition) is 2. The number of carbonyl (C=O) groups excluding carboxylic acids is 2. The highest BCUT2D eigenvalue weighted by molar-refractivity contribution is 6.30. The van der Waals surface area contributed by atoms with Crippen LogP contribution in [0, 0.1) is 0 Å². The Morgan fingerprint density at radius 2 is 1.64 bits per heavy atom. The van der Waals surface area contributed by atoms with Crippen LogP contribution in [-0.2, 0) is 11.3 Å². The van der Waals surface area contributed by atoms with Gasteiger partial charge in [-0.15, -0.1) is 0 Å². The summed E-state index contributed by atoms with van der Waals surface area (Å²) in [6, 6.07) is 16.6. The molecule has 148 valence electrons. The van der Waals surface area contributed by atoms with Gasteiger partial charge in [-0.2, -0.15) is 0 Å². The Hall–Kier alpha value is -2.73. The van der Waals surface area contributed by atoms with Crippen LogP contribution in [0.1, 0.15) is 12.5 Å². The monoisotopic (exact) mass is 400 g/mol. The van der Waals surface area contributed by atoms with Crippen LogP contribution >= 0.6 is 11.6 Å². The highest BCUT2D eigenvalue weighted by Crippen LogP contribution is 2.15. The van der Waals surface area contributed by atoms with Crippen LogP contribution in [0.2, 0.25) is 5.02 Å². The van der Waals surface area contributed by atoms with E-state index in [0.29, 0.717) is 24.7 Å². The van der Waals surface area contributed by atoms with E-state index in [1.165, 1.54) is 0 Å². The second-order valence-electron chi connectivity index (χ2n) is 6.83. The van der Waals surface area contributed by atoms with E-state index in [2.05, 4.69) is 27.7 Å². The molecule has 28 heavy (non-hydrogen) atoms. The molecule has 3 amide bonds. The van der Waals surface area contributed by atoms with Crippen LogP contribution < -0.4 is 15.5 Å². The molecule has 1 aliphatic heterocycles. The first-order valence-corrected chi connectivity index (χ1v) is 9.78. The molecule has 3 rings (SSSR count). The molecule has 1 fully saturated rings. The second-order valence-corrected chi connectivity index (χ2v) is 7.26. The topological polar surface area (TPSA) is 64.7 Å². The Morgan fingerprint density at radius 1 is 1.00 bits per heavy atom. The van der Waals surface area contributed by atoms with E-state index in [9.17, 15) is 9.59 Å². The van der Waals surface area contributed by atoms with Crippen molar-refractivity contribution in [3.63, 3.8) is 0 Å². The van der Waals surface area contributed by atoms with Crippen molar-refractivity contribution >= 4 is 29.2 Å². The lowest BCUT2D eigenvalue weighted by atomic mass is 10.2. The number of urea groups is 1. The molecule has 1 heterocycles. The first-order valence-electron chi connectivity index (χ1n) is 9.40.